The molecule has 1 aliphatic carbocycles. The summed E-state index contributed by atoms with van der Waals surface area (Å²) in [4.78, 5) is 42.8. The van der Waals surface area contributed by atoms with Crippen molar-refractivity contribution < 1.29 is 14.4 Å². The van der Waals surface area contributed by atoms with Crippen LogP contribution in [0.15, 0.2) is 35.8 Å². The fourth-order valence-electron chi connectivity index (χ4n) is 3.82. The van der Waals surface area contributed by atoms with Crippen molar-refractivity contribution in [3.8, 4) is 10.6 Å². The van der Waals surface area contributed by atoms with Crippen molar-refractivity contribution in [2.75, 3.05) is 11.9 Å². The zero-order valence-corrected chi connectivity index (χ0v) is 16.4. The number of nitrogens with one attached hydrogen (secondary N) is 2. The molecule has 1 spiro atoms. The minimum absolute atomic E-state index is 0.279. The number of urea groups is 1. The Balaban J connectivity index is 1.38. The van der Waals surface area contributed by atoms with Gasteiger partial charge in [-0.15, -0.1) is 11.3 Å². The van der Waals surface area contributed by atoms with Gasteiger partial charge in [-0.05, 0) is 55.9 Å². The second kappa shape index (κ2) is 7.35. The molecule has 8 heteroatoms. The lowest BCUT2D eigenvalue weighted by Crippen LogP contribution is -2.49. The van der Waals surface area contributed by atoms with Gasteiger partial charge >= 0.3 is 6.03 Å². The summed E-state index contributed by atoms with van der Waals surface area (Å²) in [6, 6.07) is 6.84. The molecule has 0 bridgehead atoms. The number of rotatable bonds is 4. The third kappa shape index (κ3) is 3.52. The second-order valence-electron chi connectivity index (χ2n) is 7.55. The number of anilines is 1. The van der Waals surface area contributed by atoms with Gasteiger partial charge in [-0.3, -0.25) is 14.5 Å². The SMILES string of the molecule is CC1CCC2(CC1)NC(=O)N(CC(=O)Nc1ccc(-c3nccs3)cc1)C2=O. The predicted octanol–water partition coefficient (Wildman–Crippen LogP) is 3.25. The maximum Gasteiger partial charge on any atom is 0.325 e. The van der Waals surface area contributed by atoms with Gasteiger partial charge in [-0.25, -0.2) is 9.78 Å². The maximum atomic E-state index is 12.8. The van der Waals surface area contributed by atoms with Gasteiger partial charge in [-0.2, -0.15) is 0 Å². The molecule has 0 atom stereocenters. The molecule has 2 heterocycles. The summed E-state index contributed by atoms with van der Waals surface area (Å²) >= 11 is 1.54. The van der Waals surface area contributed by atoms with Crippen LogP contribution in [0.4, 0.5) is 10.5 Å². The van der Waals surface area contributed by atoms with Gasteiger partial charge in [-0.1, -0.05) is 6.92 Å². The summed E-state index contributed by atoms with van der Waals surface area (Å²) in [5.41, 5.74) is 0.758. The van der Waals surface area contributed by atoms with E-state index in [1.807, 2.05) is 17.5 Å². The summed E-state index contributed by atoms with van der Waals surface area (Å²) in [6.45, 7) is 1.87. The quantitative estimate of drug-likeness (QED) is 0.774. The minimum atomic E-state index is -0.820. The molecule has 0 unspecified atom stereocenters. The molecule has 1 aromatic carbocycles. The third-order valence-electron chi connectivity index (χ3n) is 5.52. The van der Waals surface area contributed by atoms with Gasteiger partial charge < -0.3 is 10.6 Å². The molecule has 1 aromatic heterocycles. The highest BCUT2D eigenvalue weighted by Gasteiger charge is 2.52. The highest BCUT2D eigenvalue weighted by Crippen LogP contribution is 2.36. The molecule has 28 heavy (non-hydrogen) atoms. The number of aromatic nitrogens is 1. The molecule has 2 aromatic rings. The number of thiazole rings is 1. The van der Waals surface area contributed by atoms with Gasteiger partial charge in [0.2, 0.25) is 5.91 Å². The first-order valence-electron chi connectivity index (χ1n) is 9.41. The van der Waals surface area contributed by atoms with E-state index < -0.39 is 17.5 Å². The van der Waals surface area contributed by atoms with Crippen LogP contribution < -0.4 is 10.6 Å². The lowest BCUT2D eigenvalue weighted by Gasteiger charge is -2.33. The number of benzene rings is 1. The van der Waals surface area contributed by atoms with Crippen LogP contribution in [0.25, 0.3) is 10.6 Å². The largest absolute Gasteiger partial charge is 0.325 e. The number of imide groups is 1. The second-order valence-corrected chi connectivity index (χ2v) is 8.44. The summed E-state index contributed by atoms with van der Waals surface area (Å²) < 4.78 is 0. The van der Waals surface area contributed by atoms with E-state index in [4.69, 9.17) is 0 Å². The van der Waals surface area contributed by atoms with Gasteiger partial charge in [0.1, 0.15) is 17.1 Å². The summed E-state index contributed by atoms with van der Waals surface area (Å²) in [5, 5.41) is 8.40. The van der Waals surface area contributed by atoms with E-state index in [0.717, 1.165) is 28.3 Å². The standard InChI is InChI=1S/C20H22N4O3S/c1-13-6-8-20(9-7-13)18(26)24(19(27)23-20)12-16(25)22-15-4-2-14(3-5-15)17-21-10-11-28-17/h2-5,10-11,13H,6-9,12H2,1H3,(H,22,25)(H,23,27). The van der Waals surface area contributed by atoms with Crippen molar-refractivity contribution >= 4 is 34.9 Å². The molecule has 146 valence electrons. The van der Waals surface area contributed by atoms with E-state index in [9.17, 15) is 14.4 Å². The van der Waals surface area contributed by atoms with Gasteiger partial charge in [0.05, 0.1) is 0 Å². The van der Waals surface area contributed by atoms with Gasteiger partial charge in [0.25, 0.3) is 5.91 Å². The van der Waals surface area contributed by atoms with E-state index in [-0.39, 0.29) is 12.5 Å². The number of carbonyl (C=O) groups is 3. The first-order valence-corrected chi connectivity index (χ1v) is 10.3. The Morgan fingerprint density at radius 3 is 2.64 bits per heavy atom. The Kier molecular flexibility index (Phi) is 4.89. The average Bonchev–Trinajstić information content (AvgIpc) is 3.29. The first-order chi connectivity index (χ1) is 13.5. The Morgan fingerprint density at radius 1 is 1.29 bits per heavy atom. The molecular formula is C20H22N4O3S. The van der Waals surface area contributed by atoms with E-state index >= 15 is 0 Å². The topological polar surface area (TPSA) is 91.4 Å². The number of nitrogens with zero attached hydrogens (tertiary/aromatic N) is 2. The highest BCUT2D eigenvalue weighted by atomic mass is 32.1. The number of carbonyl (C=O) groups excluding carboxylic acids is 3. The van der Waals surface area contributed by atoms with Crippen LogP contribution in [-0.4, -0.2) is 39.8 Å². The normalized spacial score (nSPS) is 24.5. The van der Waals surface area contributed by atoms with Crippen molar-refractivity contribution in [3.63, 3.8) is 0 Å². The zero-order valence-electron chi connectivity index (χ0n) is 15.6. The van der Waals surface area contributed by atoms with Crippen molar-refractivity contribution in [2.24, 2.45) is 5.92 Å². The average molecular weight is 398 g/mol. The Morgan fingerprint density at radius 2 is 2.00 bits per heavy atom. The van der Waals surface area contributed by atoms with Crippen LogP contribution >= 0.6 is 11.3 Å². The van der Waals surface area contributed by atoms with Gasteiger partial charge in [0, 0.05) is 22.8 Å². The summed E-state index contributed by atoms with van der Waals surface area (Å²) in [6.07, 6.45) is 4.81. The molecule has 4 rings (SSSR count). The Hall–Kier alpha value is -2.74. The van der Waals surface area contributed by atoms with Crippen LogP contribution in [0.1, 0.15) is 32.6 Å². The molecule has 1 aliphatic heterocycles. The van der Waals surface area contributed by atoms with Gasteiger partial charge in [0.15, 0.2) is 0 Å². The van der Waals surface area contributed by atoms with Crippen LogP contribution in [0, 0.1) is 5.92 Å². The number of hydrogen-bond donors (Lipinski definition) is 2. The van der Waals surface area contributed by atoms with E-state index in [0.29, 0.717) is 24.4 Å². The predicted molar refractivity (Wildman–Crippen MR) is 107 cm³/mol. The summed E-state index contributed by atoms with van der Waals surface area (Å²) in [5.74, 6) is -0.120. The molecule has 7 nitrogen and oxygen atoms in total. The fraction of sp³-hybridized carbons (Fsp3) is 0.400. The zero-order chi connectivity index (χ0) is 19.7. The van der Waals surface area contributed by atoms with Crippen molar-refractivity contribution in [1.82, 2.24) is 15.2 Å². The lowest BCUT2D eigenvalue weighted by atomic mass is 9.77. The lowest BCUT2D eigenvalue weighted by molar-refractivity contribution is -0.135. The summed E-state index contributed by atoms with van der Waals surface area (Å²) in [7, 11) is 0. The Bertz CT molecular complexity index is 887. The molecule has 2 N–H and O–H groups in total. The van der Waals surface area contributed by atoms with Crippen molar-refractivity contribution in [1.29, 1.82) is 0 Å². The molecular weight excluding hydrogens is 376 g/mol. The third-order valence-corrected chi connectivity index (χ3v) is 6.35. The molecule has 2 aliphatic rings. The number of hydrogen-bond acceptors (Lipinski definition) is 5. The molecule has 4 amide bonds. The van der Waals surface area contributed by atoms with Crippen LogP contribution in [0.3, 0.4) is 0 Å². The van der Waals surface area contributed by atoms with Crippen molar-refractivity contribution in [3.05, 3.63) is 35.8 Å². The number of amides is 4. The molecule has 2 fully saturated rings. The highest BCUT2D eigenvalue weighted by molar-refractivity contribution is 7.13. The first kappa shape index (κ1) is 18.6. The van der Waals surface area contributed by atoms with Crippen LogP contribution in [0.2, 0.25) is 0 Å². The fourth-order valence-corrected chi connectivity index (χ4v) is 4.46. The molecule has 1 saturated heterocycles. The smallest absolute Gasteiger partial charge is 0.325 e. The molecule has 0 radical (unpaired) electrons. The minimum Gasteiger partial charge on any atom is -0.325 e. The van der Waals surface area contributed by atoms with Crippen LogP contribution in [0.5, 0.6) is 0 Å². The monoisotopic (exact) mass is 398 g/mol. The van der Waals surface area contributed by atoms with Crippen molar-refractivity contribution in [2.45, 2.75) is 38.1 Å². The Labute approximate surface area is 167 Å². The van der Waals surface area contributed by atoms with E-state index in [1.165, 1.54) is 0 Å². The maximum absolute atomic E-state index is 12.8. The molecule has 1 saturated carbocycles. The van der Waals surface area contributed by atoms with E-state index in [1.54, 1.807) is 29.7 Å². The van der Waals surface area contributed by atoms with Crippen LogP contribution in [-0.2, 0) is 9.59 Å². The van der Waals surface area contributed by atoms with E-state index in [2.05, 4.69) is 22.5 Å².